The van der Waals surface area contributed by atoms with Gasteiger partial charge in [0.25, 0.3) is 0 Å². The summed E-state index contributed by atoms with van der Waals surface area (Å²) in [6, 6.07) is 10.0. The van der Waals surface area contributed by atoms with Crippen LogP contribution in [0.5, 0.6) is 0 Å². The molecule has 22 heavy (non-hydrogen) atoms. The van der Waals surface area contributed by atoms with Crippen molar-refractivity contribution in [1.82, 2.24) is 0 Å². The summed E-state index contributed by atoms with van der Waals surface area (Å²) in [4.78, 5) is 0. The quantitative estimate of drug-likeness (QED) is 0.801. The molecule has 2 aromatic carbocycles. The Morgan fingerprint density at radius 2 is 1.50 bits per heavy atom. The normalized spacial score (nSPS) is 13.6. The standard InChI is InChI=1S/C19H26N2O/c1-12-11-17(13(2)14(3)18(12)21-6)19(4,22)15-7-9-16(20-5)10-8-15/h7-11,20-22H,1-6H3. The van der Waals surface area contributed by atoms with Crippen LogP contribution in [0.15, 0.2) is 30.3 Å². The van der Waals surface area contributed by atoms with E-state index in [1.807, 2.05) is 45.3 Å². The maximum atomic E-state index is 11.2. The largest absolute Gasteiger partial charge is 0.388 e. The first-order chi connectivity index (χ1) is 10.3. The summed E-state index contributed by atoms with van der Waals surface area (Å²) >= 11 is 0. The first kappa shape index (κ1) is 16.4. The monoisotopic (exact) mass is 298 g/mol. The van der Waals surface area contributed by atoms with E-state index in [0.29, 0.717) is 0 Å². The lowest BCUT2D eigenvalue weighted by Crippen LogP contribution is -2.25. The molecule has 0 heterocycles. The van der Waals surface area contributed by atoms with Crippen molar-refractivity contribution >= 4 is 11.4 Å². The lowest BCUT2D eigenvalue weighted by atomic mass is 9.82. The second-order valence-corrected chi connectivity index (χ2v) is 6.02. The van der Waals surface area contributed by atoms with Crippen molar-refractivity contribution in [2.75, 3.05) is 24.7 Å². The van der Waals surface area contributed by atoms with Crippen LogP contribution in [0.1, 0.15) is 34.7 Å². The minimum absolute atomic E-state index is 0.894. The van der Waals surface area contributed by atoms with Gasteiger partial charge in [0, 0.05) is 25.5 Å². The van der Waals surface area contributed by atoms with Crippen LogP contribution in [-0.2, 0) is 5.60 Å². The third-order valence-electron chi connectivity index (χ3n) is 4.61. The molecule has 1 unspecified atom stereocenters. The van der Waals surface area contributed by atoms with Crippen molar-refractivity contribution in [2.45, 2.75) is 33.3 Å². The van der Waals surface area contributed by atoms with Crippen LogP contribution in [0.4, 0.5) is 11.4 Å². The minimum atomic E-state index is -1.02. The molecule has 0 aromatic heterocycles. The number of hydrogen-bond donors (Lipinski definition) is 3. The van der Waals surface area contributed by atoms with E-state index in [4.69, 9.17) is 0 Å². The Hall–Kier alpha value is -2.00. The highest BCUT2D eigenvalue weighted by atomic mass is 16.3. The van der Waals surface area contributed by atoms with Crippen molar-refractivity contribution in [3.63, 3.8) is 0 Å². The zero-order chi connectivity index (χ0) is 16.5. The van der Waals surface area contributed by atoms with E-state index in [0.717, 1.165) is 33.6 Å². The number of rotatable bonds is 4. The molecule has 2 rings (SSSR count). The third kappa shape index (κ3) is 2.69. The summed E-state index contributed by atoms with van der Waals surface area (Å²) in [5.41, 5.74) is 6.47. The average molecular weight is 298 g/mol. The molecule has 3 N–H and O–H groups in total. The van der Waals surface area contributed by atoms with E-state index >= 15 is 0 Å². The maximum Gasteiger partial charge on any atom is 0.112 e. The van der Waals surface area contributed by atoms with Gasteiger partial charge in [-0.2, -0.15) is 0 Å². The Labute approximate surface area is 133 Å². The Morgan fingerprint density at radius 3 is 2.00 bits per heavy atom. The SMILES string of the molecule is CNc1ccc(C(C)(O)c2cc(C)c(NC)c(C)c2C)cc1. The molecule has 0 bridgehead atoms. The Balaban J connectivity index is 2.57. The molecular weight excluding hydrogens is 272 g/mol. The van der Waals surface area contributed by atoms with Crippen LogP contribution in [-0.4, -0.2) is 19.2 Å². The molecule has 1 atom stereocenters. The second kappa shape index (κ2) is 6.01. The Morgan fingerprint density at radius 1 is 0.909 bits per heavy atom. The van der Waals surface area contributed by atoms with Gasteiger partial charge in [0.15, 0.2) is 0 Å². The molecule has 0 radical (unpaired) electrons. The van der Waals surface area contributed by atoms with Crippen molar-refractivity contribution in [2.24, 2.45) is 0 Å². The molecule has 3 nitrogen and oxygen atoms in total. The predicted octanol–water partition coefficient (Wildman–Crippen LogP) is 3.95. The van der Waals surface area contributed by atoms with Gasteiger partial charge < -0.3 is 15.7 Å². The number of aryl methyl sites for hydroxylation is 1. The summed E-state index contributed by atoms with van der Waals surface area (Å²) in [7, 11) is 3.82. The van der Waals surface area contributed by atoms with Gasteiger partial charge in [-0.1, -0.05) is 18.2 Å². The molecule has 3 heteroatoms. The highest BCUT2D eigenvalue weighted by Crippen LogP contribution is 2.36. The van der Waals surface area contributed by atoms with Crippen LogP contribution in [0.25, 0.3) is 0 Å². The fourth-order valence-electron chi connectivity index (χ4n) is 3.09. The van der Waals surface area contributed by atoms with Gasteiger partial charge in [0.2, 0.25) is 0 Å². The average Bonchev–Trinajstić information content (AvgIpc) is 2.51. The molecule has 0 fully saturated rings. The highest BCUT2D eigenvalue weighted by molar-refractivity contribution is 5.63. The second-order valence-electron chi connectivity index (χ2n) is 6.02. The zero-order valence-electron chi connectivity index (χ0n) is 14.3. The zero-order valence-corrected chi connectivity index (χ0v) is 14.3. The van der Waals surface area contributed by atoms with E-state index in [1.165, 1.54) is 5.56 Å². The first-order valence-electron chi connectivity index (χ1n) is 7.62. The predicted molar refractivity (Wildman–Crippen MR) is 94.9 cm³/mol. The number of hydrogen-bond acceptors (Lipinski definition) is 3. The smallest absolute Gasteiger partial charge is 0.112 e. The molecule has 2 aromatic rings. The summed E-state index contributed by atoms with van der Waals surface area (Å²) in [6.45, 7) is 8.10. The van der Waals surface area contributed by atoms with E-state index in [2.05, 4.69) is 37.5 Å². The fraction of sp³-hybridized carbons (Fsp3) is 0.368. The van der Waals surface area contributed by atoms with E-state index in [-0.39, 0.29) is 0 Å². The number of nitrogens with one attached hydrogen (secondary N) is 2. The van der Waals surface area contributed by atoms with Crippen LogP contribution >= 0.6 is 0 Å². The van der Waals surface area contributed by atoms with Gasteiger partial charge in [0.1, 0.15) is 5.60 Å². The minimum Gasteiger partial charge on any atom is -0.388 e. The number of anilines is 2. The van der Waals surface area contributed by atoms with Gasteiger partial charge in [-0.3, -0.25) is 0 Å². The summed E-state index contributed by atoms with van der Waals surface area (Å²) in [6.07, 6.45) is 0. The van der Waals surface area contributed by atoms with Gasteiger partial charge in [-0.05, 0) is 67.6 Å². The molecule has 0 aliphatic carbocycles. The third-order valence-corrected chi connectivity index (χ3v) is 4.61. The van der Waals surface area contributed by atoms with Crippen LogP contribution in [0, 0.1) is 20.8 Å². The van der Waals surface area contributed by atoms with E-state index < -0.39 is 5.60 Å². The fourth-order valence-corrected chi connectivity index (χ4v) is 3.09. The molecule has 0 amide bonds. The van der Waals surface area contributed by atoms with Crippen molar-refractivity contribution < 1.29 is 5.11 Å². The summed E-state index contributed by atoms with van der Waals surface area (Å²) in [5.74, 6) is 0. The molecule has 0 aliphatic rings. The van der Waals surface area contributed by atoms with Crippen molar-refractivity contribution in [1.29, 1.82) is 0 Å². The molecule has 0 spiro atoms. The van der Waals surface area contributed by atoms with Crippen LogP contribution in [0.3, 0.4) is 0 Å². The Bertz CT molecular complexity index is 673. The summed E-state index contributed by atoms with van der Waals surface area (Å²) in [5, 5.41) is 17.5. The van der Waals surface area contributed by atoms with E-state index in [1.54, 1.807) is 0 Å². The number of benzene rings is 2. The lowest BCUT2D eigenvalue weighted by Gasteiger charge is -2.29. The van der Waals surface area contributed by atoms with Gasteiger partial charge in [-0.25, -0.2) is 0 Å². The molecule has 0 saturated heterocycles. The molecule has 0 saturated carbocycles. The van der Waals surface area contributed by atoms with Crippen LogP contribution in [0.2, 0.25) is 0 Å². The Kier molecular flexibility index (Phi) is 4.47. The first-order valence-corrected chi connectivity index (χ1v) is 7.62. The van der Waals surface area contributed by atoms with Gasteiger partial charge in [-0.15, -0.1) is 0 Å². The topological polar surface area (TPSA) is 44.3 Å². The number of aliphatic hydroxyl groups is 1. The maximum absolute atomic E-state index is 11.2. The molecule has 118 valence electrons. The van der Waals surface area contributed by atoms with Crippen LogP contribution < -0.4 is 10.6 Å². The van der Waals surface area contributed by atoms with E-state index in [9.17, 15) is 5.11 Å². The molecular formula is C19H26N2O. The summed E-state index contributed by atoms with van der Waals surface area (Å²) < 4.78 is 0. The highest BCUT2D eigenvalue weighted by Gasteiger charge is 2.29. The van der Waals surface area contributed by atoms with Crippen molar-refractivity contribution in [3.05, 3.63) is 58.1 Å². The molecule has 0 aliphatic heterocycles. The lowest BCUT2D eigenvalue weighted by molar-refractivity contribution is 0.101. The van der Waals surface area contributed by atoms with Crippen molar-refractivity contribution in [3.8, 4) is 0 Å². The van der Waals surface area contributed by atoms with Gasteiger partial charge >= 0.3 is 0 Å². The van der Waals surface area contributed by atoms with Gasteiger partial charge in [0.05, 0.1) is 0 Å².